The normalized spacial score (nSPS) is 11.3. The van der Waals surface area contributed by atoms with Gasteiger partial charge in [0.15, 0.2) is 0 Å². The summed E-state index contributed by atoms with van der Waals surface area (Å²) in [5.74, 6) is -1.76. The van der Waals surface area contributed by atoms with Crippen molar-refractivity contribution in [2.45, 2.75) is 0 Å². The van der Waals surface area contributed by atoms with Crippen LogP contribution in [0.15, 0.2) is 41.5 Å². The van der Waals surface area contributed by atoms with Crippen LogP contribution in [0.1, 0.15) is 10.6 Å². The van der Waals surface area contributed by atoms with Gasteiger partial charge in [-0.2, -0.15) is 4.98 Å². The molecule has 4 aromatic rings. The third-order valence-corrected chi connectivity index (χ3v) is 3.62. The number of rotatable bonds is 2. The Hall–Kier alpha value is -3.13. The molecule has 0 atom stereocenters. The zero-order chi connectivity index (χ0) is 16.1. The van der Waals surface area contributed by atoms with Crippen LogP contribution in [-0.2, 0) is 0 Å². The van der Waals surface area contributed by atoms with E-state index in [1.807, 2.05) is 12.1 Å². The van der Waals surface area contributed by atoms with Crippen LogP contribution in [0.25, 0.3) is 22.4 Å². The van der Waals surface area contributed by atoms with E-state index in [2.05, 4.69) is 15.1 Å². The number of nitrogens with one attached hydrogen (secondary N) is 1. The average molecular weight is 330 g/mol. The van der Waals surface area contributed by atoms with E-state index in [9.17, 15) is 9.59 Å². The second-order valence-corrected chi connectivity index (χ2v) is 5.28. The number of aromatic nitrogens is 5. The summed E-state index contributed by atoms with van der Waals surface area (Å²) >= 11 is 6.13. The molecule has 8 nitrogen and oxygen atoms in total. The fourth-order valence-corrected chi connectivity index (χ4v) is 2.69. The van der Waals surface area contributed by atoms with Crippen molar-refractivity contribution in [3.05, 3.63) is 57.9 Å². The number of aromatic carboxylic acids is 1. The van der Waals surface area contributed by atoms with E-state index in [0.29, 0.717) is 21.7 Å². The number of hydrogen-bond donors (Lipinski definition) is 2. The van der Waals surface area contributed by atoms with E-state index >= 15 is 0 Å². The van der Waals surface area contributed by atoms with E-state index in [1.54, 1.807) is 29.1 Å². The Morgan fingerprint density at radius 1 is 1.26 bits per heavy atom. The number of carboxylic acids is 1. The highest BCUT2D eigenvalue weighted by Gasteiger charge is 2.18. The Morgan fingerprint density at radius 3 is 2.70 bits per heavy atom. The lowest BCUT2D eigenvalue weighted by molar-refractivity contribution is 0.0684. The molecule has 23 heavy (non-hydrogen) atoms. The Labute approximate surface area is 132 Å². The van der Waals surface area contributed by atoms with Crippen molar-refractivity contribution in [2.75, 3.05) is 0 Å². The minimum atomic E-state index is -1.31. The van der Waals surface area contributed by atoms with Gasteiger partial charge in [-0.3, -0.25) is 4.79 Å². The predicted octanol–water partition coefficient (Wildman–Crippen LogP) is 1.71. The van der Waals surface area contributed by atoms with E-state index in [4.69, 9.17) is 16.7 Å². The molecule has 9 heteroatoms. The molecule has 4 rings (SSSR count). The standard InChI is InChI=1S/C14H8ClN5O3/c15-7-5-8-10(9(6-7)19-3-1-2-4-19)20-12(13(21)16-8)17-11(18-20)14(22)23/h1-6H,(H,16,21)(H,22,23). The van der Waals surface area contributed by atoms with Gasteiger partial charge in [0.05, 0.1) is 11.2 Å². The molecule has 0 aliphatic rings. The summed E-state index contributed by atoms with van der Waals surface area (Å²) < 4.78 is 3.01. The van der Waals surface area contributed by atoms with Crippen molar-refractivity contribution in [3.8, 4) is 5.69 Å². The summed E-state index contributed by atoms with van der Waals surface area (Å²) in [4.78, 5) is 29.7. The van der Waals surface area contributed by atoms with Gasteiger partial charge in [0, 0.05) is 17.4 Å². The SMILES string of the molecule is O=C(O)c1nc2c(=O)[nH]c3cc(Cl)cc(-n4cccc4)c3n2n1. The highest BCUT2D eigenvalue weighted by atomic mass is 35.5. The van der Waals surface area contributed by atoms with Gasteiger partial charge >= 0.3 is 5.97 Å². The van der Waals surface area contributed by atoms with Crippen LogP contribution >= 0.6 is 11.6 Å². The van der Waals surface area contributed by atoms with Crippen molar-refractivity contribution >= 4 is 34.3 Å². The molecule has 0 saturated carbocycles. The van der Waals surface area contributed by atoms with Gasteiger partial charge < -0.3 is 14.7 Å². The van der Waals surface area contributed by atoms with Gasteiger partial charge in [-0.1, -0.05) is 11.6 Å². The number of aromatic amines is 1. The molecule has 0 unspecified atom stereocenters. The maximum absolute atomic E-state index is 12.1. The molecule has 1 aromatic carbocycles. The minimum absolute atomic E-state index is 0.0920. The molecular weight excluding hydrogens is 322 g/mol. The number of H-pyrrole nitrogens is 1. The second-order valence-electron chi connectivity index (χ2n) is 4.84. The first-order valence-electron chi connectivity index (χ1n) is 6.53. The smallest absolute Gasteiger partial charge is 0.375 e. The maximum atomic E-state index is 12.1. The minimum Gasteiger partial charge on any atom is -0.475 e. The Balaban J connectivity index is 2.24. The fourth-order valence-electron chi connectivity index (χ4n) is 2.48. The van der Waals surface area contributed by atoms with Crippen LogP contribution in [0.2, 0.25) is 5.02 Å². The van der Waals surface area contributed by atoms with Crippen LogP contribution in [0, 0.1) is 0 Å². The average Bonchev–Trinajstić information content (AvgIpc) is 3.16. The van der Waals surface area contributed by atoms with Crippen LogP contribution in [0.5, 0.6) is 0 Å². The van der Waals surface area contributed by atoms with Crippen LogP contribution in [-0.4, -0.2) is 35.2 Å². The van der Waals surface area contributed by atoms with E-state index in [-0.39, 0.29) is 5.65 Å². The molecule has 0 spiro atoms. The van der Waals surface area contributed by atoms with Gasteiger partial charge in [-0.15, -0.1) is 5.10 Å². The Bertz CT molecular complexity index is 1130. The van der Waals surface area contributed by atoms with Gasteiger partial charge in [0.2, 0.25) is 5.65 Å². The van der Waals surface area contributed by atoms with Gasteiger partial charge in [0.25, 0.3) is 11.4 Å². The molecule has 0 aliphatic carbocycles. The Kier molecular flexibility index (Phi) is 2.75. The molecule has 0 saturated heterocycles. The topological polar surface area (TPSA) is 105 Å². The lowest BCUT2D eigenvalue weighted by Crippen LogP contribution is -2.13. The van der Waals surface area contributed by atoms with Gasteiger partial charge in [0.1, 0.15) is 5.52 Å². The molecule has 3 aromatic heterocycles. The monoisotopic (exact) mass is 329 g/mol. The van der Waals surface area contributed by atoms with Crippen molar-refractivity contribution in [3.63, 3.8) is 0 Å². The number of carboxylic acid groups (broad SMARTS) is 1. The number of carbonyl (C=O) groups is 1. The number of benzene rings is 1. The summed E-state index contributed by atoms with van der Waals surface area (Å²) in [5, 5.41) is 13.4. The first-order chi connectivity index (χ1) is 11.0. The molecule has 2 N–H and O–H groups in total. The van der Waals surface area contributed by atoms with E-state index in [0.717, 1.165) is 0 Å². The molecule has 0 bridgehead atoms. The van der Waals surface area contributed by atoms with Crippen molar-refractivity contribution in [2.24, 2.45) is 0 Å². The molecule has 0 fully saturated rings. The first-order valence-corrected chi connectivity index (χ1v) is 6.91. The van der Waals surface area contributed by atoms with Crippen molar-refractivity contribution in [1.82, 2.24) is 24.1 Å². The third kappa shape index (κ3) is 2.00. The zero-order valence-corrected chi connectivity index (χ0v) is 12.2. The van der Waals surface area contributed by atoms with Crippen LogP contribution < -0.4 is 5.56 Å². The zero-order valence-electron chi connectivity index (χ0n) is 11.4. The predicted molar refractivity (Wildman–Crippen MR) is 82.4 cm³/mol. The highest BCUT2D eigenvalue weighted by Crippen LogP contribution is 2.25. The number of fused-ring (bicyclic) bond motifs is 3. The third-order valence-electron chi connectivity index (χ3n) is 3.40. The molecule has 0 aliphatic heterocycles. The Morgan fingerprint density at radius 2 is 2.00 bits per heavy atom. The number of hydrogen-bond acceptors (Lipinski definition) is 4. The summed E-state index contributed by atoms with van der Waals surface area (Å²) in [6.07, 6.45) is 3.61. The molecule has 0 radical (unpaired) electrons. The molecular formula is C14H8ClN5O3. The van der Waals surface area contributed by atoms with Crippen LogP contribution in [0.3, 0.4) is 0 Å². The van der Waals surface area contributed by atoms with E-state index in [1.165, 1.54) is 4.52 Å². The van der Waals surface area contributed by atoms with E-state index < -0.39 is 17.4 Å². The summed E-state index contributed by atoms with van der Waals surface area (Å²) in [7, 11) is 0. The lowest BCUT2D eigenvalue weighted by atomic mass is 10.2. The molecule has 3 heterocycles. The largest absolute Gasteiger partial charge is 0.475 e. The summed E-state index contributed by atoms with van der Waals surface area (Å²) in [5.41, 5.74) is 0.935. The number of nitrogens with zero attached hydrogens (tertiary/aromatic N) is 4. The van der Waals surface area contributed by atoms with Crippen molar-refractivity contribution in [1.29, 1.82) is 0 Å². The first kappa shape index (κ1) is 13.5. The van der Waals surface area contributed by atoms with Crippen molar-refractivity contribution < 1.29 is 9.90 Å². The summed E-state index contributed by atoms with van der Waals surface area (Å²) in [6.45, 7) is 0. The number of halogens is 1. The maximum Gasteiger partial charge on any atom is 0.375 e. The lowest BCUT2D eigenvalue weighted by Gasteiger charge is -2.09. The fraction of sp³-hybridized carbons (Fsp3) is 0. The molecule has 0 amide bonds. The summed E-state index contributed by atoms with van der Waals surface area (Å²) in [6, 6.07) is 6.94. The molecule has 114 valence electrons. The van der Waals surface area contributed by atoms with Gasteiger partial charge in [-0.25, -0.2) is 9.31 Å². The quantitative estimate of drug-likeness (QED) is 0.582. The second kappa shape index (κ2) is 4.68. The van der Waals surface area contributed by atoms with Crippen LogP contribution in [0.4, 0.5) is 0 Å². The van der Waals surface area contributed by atoms with Gasteiger partial charge in [-0.05, 0) is 24.3 Å². The highest BCUT2D eigenvalue weighted by molar-refractivity contribution is 6.31.